The van der Waals surface area contributed by atoms with Gasteiger partial charge in [-0.2, -0.15) is 0 Å². The molecule has 0 unspecified atom stereocenters. The normalized spacial score (nSPS) is 14.1. The van der Waals surface area contributed by atoms with Gasteiger partial charge in [0, 0.05) is 48.7 Å². The summed E-state index contributed by atoms with van der Waals surface area (Å²) in [5, 5.41) is 18.0. The number of rotatable bonds is 9. The van der Waals surface area contributed by atoms with Crippen LogP contribution in [-0.2, 0) is 16.0 Å². The topological polar surface area (TPSA) is 115 Å². The summed E-state index contributed by atoms with van der Waals surface area (Å²) in [6.45, 7) is 5.74. The molecule has 0 atom stereocenters. The molecule has 10 heteroatoms. The number of carbonyl (C=O) groups excluding carboxylic acids is 2. The second kappa shape index (κ2) is 11.3. The summed E-state index contributed by atoms with van der Waals surface area (Å²) in [7, 11) is 0. The minimum Gasteiger partial charge on any atom is -0.478 e. The molecular formula is C25H29N5O4S. The first kappa shape index (κ1) is 24.6. The molecular weight excluding hydrogens is 466 g/mol. The summed E-state index contributed by atoms with van der Waals surface area (Å²) in [5.74, 6) is -0.587. The highest BCUT2D eigenvalue weighted by molar-refractivity contribution is 7.10. The van der Waals surface area contributed by atoms with Gasteiger partial charge in [0.2, 0.25) is 11.8 Å². The second-order valence-electron chi connectivity index (χ2n) is 8.48. The number of hydrogen-bond acceptors (Lipinski definition) is 7. The Hall–Kier alpha value is -3.50. The van der Waals surface area contributed by atoms with Crippen LogP contribution in [-0.4, -0.2) is 72.0 Å². The molecule has 1 aliphatic heterocycles. The quantitative estimate of drug-likeness (QED) is 0.418. The van der Waals surface area contributed by atoms with Crippen molar-refractivity contribution in [1.82, 2.24) is 15.2 Å². The van der Waals surface area contributed by atoms with Crippen molar-refractivity contribution in [3.63, 3.8) is 0 Å². The Balaban J connectivity index is 1.46. The summed E-state index contributed by atoms with van der Waals surface area (Å²) in [6, 6.07) is 10.5. The number of nitrogens with zero attached hydrogens (tertiary/aromatic N) is 3. The second-order valence-corrected chi connectivity index (χ2v) is 9.51. The molecule has 1 aliphatic rings. The minimum absolute atomic E-state index is 0.0237. The Morgan fingerprint density at radius 3 is 2.57 bits per heavy atom. The lowest BCUT2D eigenvalue weighted by molar-refractivity contribution is -0.122. The molecule has 0 radical (unpaired) electrons. The number of amides is 2. The van der Waals surface area contributed by atoms with Gasteiger partial charge >= 0.3 is 5.97 Å². The molecule has 0 spiro atoms. The monoisotopic (exact) mass is 495 g/mol. The van der Waals surface area contributed by atoms with Crippen LogP contribution in [0.4, 0.5) is 11.5 Å². The summed E-state index contributed by atoms with van der Waals surface area (Å²) < 4.78 is 0. The maximum atomic E-state index is 12.4. The van der Waals surface area contributed by atoms with Gasteiger partial charge in [0.15, 0.2) is 0 Å². The van der Waals surface area contributed by atoms with Crippen molar-refractivity contribution >= 4 is 51.5 Å². The molecule has 3 heterocycles. The molecule has 3 N–H and O–H groups in total. The first-order valence-electron chi connectivity index (χ1n) is 11.7. The van der Waals surface area contributed by atoms with Gasteiger partial charge in [-0.05, 0) is 42.1 Å². The molecule has 1 aromatic carbocycles. The number of pyridine rings is 1. The van der Waals surface area contributed by atoms with Crippen molar-refractivity contribution in [3.05, 3.63) is 52.2 Å². The number of thiophene rings is 1. The summed E-state index contributed by atoms with van der Waals surface area (Å²) in [6.07, 6.45) is 1.17. The maximum Gasteiger partial charge on any atom is 0.336 e. The van der Waals surface area contributed by atoms with Crippen LogP contribution in [0.15, 0.2) is 41.8 Å². The van der Waals surface area contributed by atoms with E-state index in [1.165, 1.54) is 11.3 Å². The van der Waals surface area contributed by atoms with Gasteiger partial charge in [-0.25, -0.2) is 9.78 Å². The lowest BCUT2D eigenvalue weighted by atomic mass is 10.1. The number of carbonyl (C=O) groups is 3. The van der Waals surface area contributed by atoms with Gasteiger partial charge in [0.05, 0.1) is 24.0 Å². The third kappa shape index (κ3) is 6.34. The smallest absolute Gasteiger partial charge is 0.336 e. The van der Waals surface area contributed by atoms with Crippen molar-refractivity contribution in [3.8, 4) is 0 Å². The highest BCUT2D eigenvalue weighted by Gasteiger charge is 2.22. The van der Waals surface area contributed by atoms with Crippen molar-refractivity contribution in [2.24, 2.45) is 0 Å². The average Bonchev–Trinajstić information content (AvgIpc) is 3.35. The fraction of sp³-hybridized carbons (Fsp3) is 0.360. The molecule has 9 nitrogen and oxygen atoms in total. The third-order valence-electron chi connectivity index (χ3n) is 5.86. The summed E-state index contributed by atoms with van der Waals surface area (Å²) >= 11 is 1.52. The van der Waals surface area contributed by atoms with Gasteiger partial charge in [-0.3, -0.25) is 14.5 Å². The van der Waals surface area contributed by atoms with E-state index in [1.54, 1.807) is 24.3 Å². The Kier molecular flexibility index (Phi) is 7.94. The van der Waals surface area contributed by atoms with E-state index < -0.39 is 5.97 Å². The van der Waals surface area contributed by atoms with Crippen molar-refractivity contribution in [2.75, 3.05) is 49.5 Å². The molecule has 35 heavy (non-hydrogen) atoms. The number of anilines is 2. The van der Waals surface area contributed by atoms with Crippen LogP contribution in [0.2, 0.25) is 0 Å². The van der Waals surface area contributed by atoms with E-state index >= 15 is 0 Å². The zero-order valence-corrected chi connectivity index (χ0v) is 20.4. The minimum atomic E-state index is -1.05. The lowest BCUT2D eigenvalue weighted by Crippen LogP contribution is -2.49. The number of fused-ring (bicyclic) bond motifs is 1. The van der Waals surface area contributed by atoms with E-state index in [2.05, 4.69) is 15.5 Å². The van der Waals surface area contributed by atoms with Crippen LogP contribution in [0.5, 0.6) is 0 Å². The highest BCUT2D eigenvalue weighted by atomic mass is 32.1. The molecule has 3 aromatic rings. The van der Waals surface area contributed by atoms with Gasteiger partial charge in [-0.15, -0.1) is 11.3 Å². The van der Waals surface area contributed by atoms with Crippen LogP contribution < -0.4 is 15.5 Å². The Morgan fingerprint density at radius 2 is 1.89 bits per heavy atom. The van der Waals surface area contributed by atoms with Gasteiger partial charge in [0.25, 0.3) is 0 Å². The zero-order valence-electron chi connectivity index (χ0n) is 19.6. The largest absolute Gasteiger partial charge is 0.478 e. The van der Waals surface area contributed by atoms with Crippen LogP contribution in [0, 0.1) is 0 Å². The Labute approximate surface area is 207 Å². The first-order chi connectivity index (χ1) is 16.9. The number of carboxylic acid groups (broad SMARTS) is 1. The van der Waals surface area contributed by atoms with E-state index in [0.717, 1.165) is 11.3 Å². The first-order valence-corrected chi connectivity index (χ1v) is 12.5. The fourth-order valence-electron chi connectivity index (χ4n) is 4.06. The number of piperazine rings is 1. The fourth-order valence-corrected chi connectivity index (χ4v) is 4.77. The van der Waals surface area contributed by atoms with E-state index in [4.69, 9.17) is 4.98 Å². The maximum absolute atomic E-state index is 12.4. The molecule has 1 saturated heterocycles. The molecule has 2 amide bonds. The van der Waals surface area contributed by atoms with Crippen molar-refractivity contribution in [1.29, 1.82) is 0 Å². The average molecular weight is 496 g/mol. The van der Waals surface area contributed by atoms with Gasteiger partial charge in [0.1, 0.15) is 5.82 Å². The molecule has 0 saturated carbocycles. The summed E-state index contributed by atoms with van der Waals surface area (Å²) in [5.41, 5.74) is 1.23. The number of nitrogens with one attached hydrogen (secondary N) is 2. The lowest BCUT2D eigenvalue weighted by Gasteiger charge is -2.35. The van der Waals surface area contributed by atoms with Crippen LogP contribution in [0.1, 0.15) is 28.6 Å². The van der Waals surface area contributed by atoms with Gasteiger partial charge < -0.3 is 20.6 Å². The van der Waals surface area contributed by atoms with Crippen molar-refractivity contribution in [2.45, 2.75) is 19.8 Å². The Bertz CT molecular complexity index is 1210. The van der Waals surface area contributed by atoms with E-state index in [-0.39, 0.29) is 23.8 Å². The standard InChI is InChI=1S/C25H29N5O4S/c1-2-7-26-24(32)16-29-8-10-30(11-9-29)22-15-20(25(33)34)19-13-17(5-6-21(19)28-22)27-23(31)14-18-4-3-12-35-18/h3-6,12-13,15H,2,7-11,14,16H2,1H3,(H,26,32)(H,27,31)(H,33,34). The van der Waals surface area contributed by atoms with E-state index in [0.29, 0.717) is 61.7 Å². The number of hydrogen-bond donors (Lipinski definition) is 3. The number of aromatic carboxylic acids is 1. The van der Waals surface area contributed by atoms with Crippen LogP contribution >= 0.6 is 11.3 Å². The molecule has 2 aromatic heterocycles. The molecule has 0 bridgehead atoms. The molecule has 1 fully saturated rings. The highest BCUT2D eigenvalue weighted by Crippen LogP contribution is 2.27. The van der Waals surface area contributed by atoms with Crippen LogP contribution in [0.3, 0.4) is 0 Å². The predicted molar refractivity (Wildman–Crippen MR) is 137 cm³/mol. The van der Waals surface area contributed by atoms with E-state index in [9.17, 15) is 19.5 Å². The number of aromatic nitrogens is 1. The summed E-state index contributed by atoms with van der Waals surface area (Å²) in [4.78, 5) is 46.2. The number of carboxylic acids is 1. The van der Waals surface area contributed by atoms with Gasteiger partial charge in [-0.1, -0.05) is 13.0 Å². The third-order valence-corrected chi connectivity index (χ3v) is 6.74. The SMILES string of the molecule is CCCNC(=O)CN1CCN(c2cc(C(=O)O)c3cc(NC(=O)Cc4cccs4)ccc3n2)CC1. The predicted octanol–water partition coefficient (Wildman–Crippen LogP) is 2.82. The molecule has 4 rings (SSSR count). The van der Waals surface area contributed by atoms with Crippen molar-refractivity contribution < 1.29 is 19.5 Å². The molecule has 184 valence electrons. The number of benzene rings is 1. The Morgan fingerprint density at radius 1 is 1.09 bits per heavy atom. The van der Waals surface area contributed by atoms with E-state index in [1.807, 2.05) is 29.3 Å². The van der Waals surface area contributed by atoms with Crippen LogP contribution in [0.25, 0.3) is 10.9 Å². The zero-order chi connectivity index (χ0) is 24.8. The molecule has 0 aliphatic carbocycles.